The number of sulfone groups is 1. The van der Waals surface area contributed by atoms with E-state index in [4.69, 9.17) is 0 Å². The van der Waals surface area contributed by atoms with Crippen LogP contribution in [0.3, 0.4) is 0 Å². The van der Waals surface area contributed by atoms with Gasteiger partial charge < -0.3 is 9.72 Å². The molecule has 2 aromatic heterocycles. The molecule has 4 aromatic rings. The highest BCUT2D eigenvalue weighted by Gasteiger charge is 2.19. The number of hydrogen-bond donors (Lipinski definition) is 1. The van der Waals surface area contributed by atoms with Crippen molar-refractivity contribution in [3.63, 3.8) is 0 Å². The molecule has 0 fully saturated rings. The lowest BCUT2D eigenvalue weighted by Gasteiger charge is -2.09. The molecule has 1 N–H and O–H groups in total. The summed E-state index contributed by atoms with van der Waals surface area (Å²) >= 11 is 0. The van der Waals surface area contributed by atoms with Crippen LogP contribution in [0.1, 0.15) is 29.8 Å². The monoisotopic (exact) mass is 468 g/mol. The number of pyridine rings is 1. The van der Waals surface area contributed by atoms with Gasteiger partial charge in [0, 0.05) is 24.5 Å². The van der Waals surface area contributed by atoms with Crippen molar-refractivity contribution in [1.29, 1.82) is 0 Å². The molecule has 2 aromatic carbocycles. The number of benzene rings is 2. The molecule has 0 aliphatic rings. The van der Waals surface area contributed by atoms with Gasteiger partial charge in [-0.1, -0.05) is 24.3 Å². The van der Waals surface area contributed by atoms with Crippen LogP contribution in [-0.2, 0) is 16.4 Å². The van der Waals surface area contributed by atoms with Crippen molar-refractivity contribution in [3.05, 3.63) is 95.8 Å². The number of nitrogens with zero attached hydrogens (tertiary/aromatic N) is 1. The van der Waals surface area contributed by atoms with Crippen LogP contribution in [0.4, 0.5) is 8.78 Å². The van der Waals surface area contributed by atoms with Gasteiger partial charge in [-0.15, -0.1) is 0 Å². The molecular weight excluding hydrogens is 446 g/mol. The van der Waals surface area contributed by atoms with Crippen molar-refractivity contribution in [2.75, 3.05) is 0 Å². The van der Waals surface area contributed by atoms with E-state index < -0.39 is 26.7 Å². The first-order valence-corrected chi connectivity index (χ1v) is 11.9. The fourth-order valence-corrected chi connectivity index (χ4v) is 4.51. The van der Waals surface area contributed by atoms with Crippen molar-refractivity contribution in [1.82, 2.24) is 9.72 Å². The van der Waals surface area contributed by atoms with E-state index in [1.807, 2.05) is 18.3 Å². The van der Waals surface area contributed by atoms with Gasteiger partial charge in [0.25, 0.3) is 5.91 Å². The summed E-state index contributed by atoms with van der Waals surface area (Å²) in [5.74, 6) is -2.23. The lowest BCUT2D eigenvalue weighted by molar-refractivity contribution is 0.0951. The predicted octanol–water partition coefficient (Wildman–Crippen LogP) is 5.00. The first-order chi connectivity index (χ1) is 15.6. The summed E-state index contributed by atoms with van der Waals surface area (Å²) in [6.45, 7) is 3.36. The third-order valence-electron chi connectivity index (χ3n) is 5.43. The SMILES string of the molecule is CC(C)S(=O)(=O)c1ccc(-c2ccc3cc(C(=O)NCc4ccc(F)c(F)c4)cn3c2)cc1. The van der Waals surface area contributed by atoms with Crippen molar-refractivity contribution in [2.24, 2.45) is 0 Å². The minimum absolute atomic E-state index is 0.0686. The van der Waals surface area contributed by atoms with Gasteiger partial charge in [0.05, 0.1) is 15.7 Å². The molecular formula is C25H22F2N2O3S. The average molecular weight is 469 g/mol. The smallest absolute Gasteiger partial charge is 0.253 e. The lowest BCUT2D eigenvalue weighted by Crippen LogP contribution is -2.22. The Bertz CT molecular complexity index is 1440. The Balaban J connectivity index is 1.52. The first-order valence-electron chi connectivity index (χ1n) is 10.3. The van der Waals surface area contributed by atoms with E-state index >= 15 is 0 Å². The van der Waals surface area contributed by atoms with Gasteiger partial charge in [0.1, 0.15) is 0 Å². The van der Waals surface area contributed by atoms with Crippen molar-refractivity contribution < 1.29 is 22.0 Å². The van der Waals surface area contributed by atoms with E-state index in [1.165, 1.54) is 6.07 Å². The zero-order valence-electron chi connectivity index (χ0n) is 18.0. The van der Waals surface area contributed by atoms with Gasteiger partial charge >= 0.3 is 0 Å². The van der Waals surface area contributed by atoms with Gasteiger partial charge in [-0.3, -0.25) is 4.79 Å². The quantitative estimate of drug-likeness (QED) is 0.433. The highest BCUT2D eigenvalue weighted by atomic mass is 32.2. The van der Waals surface area contributed by atoms with E-state index in [0.717, 1.165) is 28.8 Å². The molecule has 0 radical (unpaired) electrons. The Kier molecular flexibility index (Phi) is 6.03. The van der Waals surface area contributed by atoms with Crippen LogP contribution in [0.2, 0.25) is 0 Å². The molecule has 5 nitrogen and oxygen atoms in total. The molecule has 4 rings (SSSR count). The fourth-order valence-electron chi connectivity index (χ4n) is 3.45. The van der Waals surface area contributed by atoms with Crippen LogP contribution < -0.4 is 5.32 Å². The zero-order valence-corrected chi connectivity index (χ0v) is 18.9. The Hall–Kier alpha value is -3.52. The van der Waals surface area contributed by atoms with Crippen molar-refractivity contribution in [2.45, 2.75) is 30.5 Å². The summed E-state index contributed by atoms with van der Waals surface area (Å²) in [5, 5.41) is 2.21. The highest BCUT2D eigenvalue weighted by molar-refractivity contribution is 7.92. The molecule has 0 aliphatic heterocycles. The number of aromatic nitrogens is 1. The fraction of sp³-hybridized carbons (Fsp3) is 0.160. The molecule has 0 atom stereocenters. The summed E-state index contributed by atoms with van der Waals surface area (Å²) in [7, 11) is -3.34. The van der Waals surface area contributed by atoms with Crippen LogP contribution >= 0.6 is 0 Å². The zero-order chi connectivity index (χ0) is 23.8. The van der Waals surface area contributed by atoms with Crippen LogP contribution in [0.15, 0.2) is 78.0 Å². The number of rotatable bonds is 6. The van der Waals surface area contributed by atoms with Crippen molar-refractivity contribution in [3.8, 4) is 11.1 Å². The second-order valence-electron chi connectivity index (χ2n) is 8.03. The Morgan fingerprint density at radius 2 is 1.61 bits per heavy atom. The topological polar surface area (TPSA) is 67.7 Å². The second kappa shape index (κ2) is 8.78. The number of carbonyl (C=O) groups excluding carboxylic acids is 1. The normalized spacial score (nSPS) is 11.8. The minimum Gasteiger partial charge on any atom is -0.348 e. The largest absolute Gasteiger partial charge is 0.348 e. The summed E-state index contributed by atoms with van der Waals surface area (Å²) < 4.78 is 52.8. The molecule has 0 aliphatic carbocycles. The Labute approximate surface area is 190 Å². The number of nitrogens with one attached hydrogen (secondary N) is 1. The molecule has 0 spiro atoms. The average Bonchev–Trinajstić information content (AvgIpc) is 3.23. The Morgan fingerprint density at radius 1 is 0.909 bits per heavy atom. The molecule has 8 heteroatoms. The Morgan fingerprint density at radius 3 is 2.27 bits per heavy atom. The maximum Gasteiger partial charge on any atom is 0.253 e. The molecule has 0 saturated heterocycles. The molecule has 170 valence electrons. The summed E-state index contributed by atoms with van der Waals surface area (Å²) in [4.78, 5) is 12.8. The lowest BCUT2D eigenvalue weighted by atomic mass is 10.1. The van der Waals surface area contributed by atoms with Crippen molar-refractivity contribution >= 4 is 21.3 Å². The predicted molar refractivity (Wildman–Crippen MR) is 123 cm³/mol. The summed E-state index contributed by atoms with van der Waals surface area (Å²) in [6, 6.07) is 15.7. The number of amides is 1. The maximum atomic E-state index is 13.3. The number of halogens is 2. The standard InChI is InChI=1S/C25H22F2N2O3S/c1-16(2)33(31,32)22-8-5-18(6-9-22)19-4-7-21-12-20(15-29(21)14-19)25(30)28-13-17-3-10-23(26)24(27)11-17/h3-12,14-16H,13H2,1-2H3,(H,28,30). The molecule has 33 heavy (non-hydrogen) atoms. The van der Waals surface area contributed by atoms with E-state index in [9.17, 15) is 22.0 Å². The van der Waals surface area contributed by atoms with Gasteiger partial charge in [-0.05, 0) is 66.9 Å². The number of fused-ring (bicyclic) bond motifs is 1. The molecule has 0 unspecified atom stereocenters. The molecule has 0 bridgehead atoms. The summed E-state index contributed by atoms with van der Waals surface area (Å²) in [5.41, 5.74) is 3.39. The van der Waals surface area contributed by atoms with Gasteiger partial charge in [-0.2, -0.15) is 0 Å². The summed E-state index contributed by atoms with van der Waals surface area (Å²) in [6.07, 6.45) is 3.53. The van der Waals surface area contributed by atoms with Crippen LogP contribution in [0, 0.1) is 11.6 Å². The number of hydrogen-bond acceptors (Lipinski definition) is 3. The third kappa shape index (κ3) is 4.66. The first kappa shape index (κ1) is 22.7. The molecule has 1 amide bonds. The maximum absolute atomic E-state index is 13.3. The van der Waals surface area contributed by atoms with E-state index in [-0.39, 0.29) is 17.3 Å². The van der Waals surface area contributed by atoms with Crippen LogP contribution in [-0.4, -0.2) is 24.0 Å². The van der Waals surface area contributed by atoms with E-state index in [2.05, 4.69) is 5.32 Å². The van der Waals surface area contributed by atoms with E-state index in [0.29, 0.717) is 11.1 Å². The van der Waals surface area contributed by atoms with Gasteiger partial charge in [0.2, 0.25) is 0 Å². The minimum atomic E-state index is -3.34. The van der Waals surface area contributed by atoms with Gasteiger partial charge in [-0.25, -0.2) is 17.2 Å². The van der Waals surface area contributed by atoms with Crippen LogP contribution in [0.25, 0.3) is 16.6 Å². The third-order valence-corrected chi connectivity index (χ3v) is 7.60. The second-order valence-corrected chi connectivity index (χ2v) is 10.5. The molecule has 2 heterocycles. The highest BCUT2D eigenvalue weighted by Crippen LogP contribution is 2.24. The van der Waals surface area contributed by atoms with Gasteiger partial charge in [0.15, 0.2) is 21.5 Å². The van der Waals surface area contributed by atoms with E-state index in [1.54, 1.807) is 54.8 Å². The van der Waals surface area contributed by atoms with Crippen LogP contribution in [0.5, 0.6) is 0 Å². The number of carbonyl (C=O) groups is 1. The molecule has 0 saturated carbocycles.